The quantitative estimate of drug-likeness (QED) is 0.615. The lowest BCUT2D eigenvalue weighted by atomic mass is 9.84. The number of fused-ring (bicyclic) bond motifs is 1. The van der Waals surface area contributed by atoms with E-state index in [4.69, 9.17) is 0 Å². The molecule has 158 valence electrons. The highest BCUT2D eigenvalue weighted by Crippen LogP contribution is 2.42. The summed E-state index contributed by atoms with van der Waals surface area (Å²) in [7, 11) is 1.81. The number of ketones is 2. The van der Waals surface area contributed by atoms with Crippen LogP contribution >= 0.6 is 0 Å². The third-order valence-electron chi connectivity index (χ3n) is 6.70. The Hall–Kier alpha value is -3.09. The first-order chi connectivity index (χ1) is 15.0. The van der Waals surface area contributed by atoms with Crippen molar-refractivity contribution in [1.29, 1.82) is 0 Å². The van der Waals surface area contributed by atoms with Gasteiger partial charge in [-0.3, -0.25) is 24.1 Å². The summed E-state index contributed by atoms with van der Waals surface area (Å²) in [6.45, 7) is 5.90. The molecule has 0 atom stereocenters. The smallest absolute Gasteiger partial charge is 0.196 e. The Kier molecular flexibility index (Phi) is 4.84. The zero-order chi connectivity index (χ0) is 21.6. The van der Waals surface area contributed by atoms with Crippen molar-refractivity contribution < 1.29 is 9.59 Å². The molecule has 0 bridgehead atoms. The summed E-state index contributed by atoms with van der Waals surface area (Å²) in [5.74, 6) is -0.262. The standard InChI is InChI=1S/C25H26N4O2/c1-18-7-3-4-8-19(18)16-28-11-13-29(14-12-28)25(20-15-26-27(2)17-20)23(30)21-9-5-6-10-22(21)24(25)31/h3-10,15,17H,11-14,16H2,1-2H3. The summed E-state index contributed by atoms with van der Waals surface area (Å²) in [6.07, 6.45) is 3.47. The van der Waals surface area contributed by atoms with Crippen LogP contribution in [0.1, 0.15) is 37.4 Å². The van der Waals surface area contributed by atoms with Gasteiger partial charge in [0.1, 0.15) is 0 Å². The minimum Gasteiger partial charge on any atom is -0.297 e. The lowest BCUT2D eigenvalue weighted by Gasteiger charge is -2.43. The van der Waals surface area contributed by atoms with Gasteiger partial charge in [-0.05, 0) is 18.1 Å². The number of carbonyl (C=O) groups excluding carboxylic acids is 2. The van der Waals surface area contributed by atoms with Gasteiger partial charge in [-0.25, -0.2) is 0 Å². The summed E-state index contributed by atoms with van der Waals surface area (Å²) in [5.41, 5.74) is 2.98. The molecule has 0 spiro atoms. The van der Waals surface area contributed by atoms with Crippen LogP contribution < -0.4 is 0 Å². The Balaban J connectivity index is 1.46. The third-order valence-corrected chi connectivity index (χ3v) is 6.70. The van der Waals surface area contributed by atoms with Gasteiger partial charge in [-0.15, -0.1) is 0 Å². The number of aromatic nitrogens is 2. The van der Waals surface area contributed by atoms with E-state index in [9.17, 15) is 9.59 Å². The van der Waals surface area contributed by atoms with E-state index < -0.39 is 5.54 Å². The molecule has 1 aliphatic heterocycles. The molecule has 2 heterocycles. The van der Waals surface area contributed by atoms with Crippen molar-refractivity contribution in [2.24, 2.45) is 7.05 Å². The Morgan fingerprint density at radius 2 is 1.52 bits per heavy atom. The predicted octanol–water partition coefficient (Wildman–Crippen LogP) is 2.82. The normalized spacial score (nSPS) is 19.0. The average molecular weight is 415 g/mol. The van der Waals surface area contributed by atoms with Gasteiger partial charge < -0.3 is 0 Å². The zero-order valence-corrected chi connectivity index (χ0v) is 17.9. The maximum absolute atomic E-state index is 13.7. The SMILES string of the molecule is Cc1ccccc1CN1CCN(C2(c3cnn(C)c3)C(=O)c3ccccc3C2=O)CC1. The number of piperazine rings is 1. The Morgan fingerprint density at radius 1 is 0.903 bits per heavy atom. The molecule has 0 radical (unpaired) electrons. The van der Waals surface area contributed by atoms with Gasteiger partial charge in [0, 0.05) is 62.7 Å². The number of rotatable bonds is 4. The van der Waals surface area contributed by atoms with Crippen LogP contribution in [0.5, 0.6) is 0 Å². The second-order valence-electron chi connectivity index (χ2n) is 8.51. The molecule has 1 saturated heterocycles. The van der Waals surface area contributed by atoms with Crippen molar-refractivity contribution in [2.75, 3.05) is 26.2 Å². The molecule has 1 aromatic heterocycles. The van der Waals surface area contributed by atoms with E-state index >= 15 is 0 Å². The van der Waals surface area contributed by atoms with Gasteiger partial charge in [-0.1, -0.05) is 48.5 Å². The fourth-order valence-corrected chi connectivity index (χ4v) is 4.98. The van der Waals surface area contributed by atoms with Gasteiger partial charge >= 0.3 is 0 Å². The maximum atomic E-state index is 13.7. The molecule has 0 unspecified atom stereocenters. The van der Waals surface area contributed by atoms with Gasteiger partial charge in [-0.2, -0.15) is 5.10 Å². The average Bonchev–Trinajstić information content (AvgIpc) is 3.31. The largest absolute Gasteiger partial charge is 0.297 e. The molecule has 6 heteroatoms. The monoisotopic (exact) mass is 414 g/mol. The first-order valence-corrected chi connectivity index (χ1v) is 10.7. The number of Topliss-reactive ketones (excluding diaryl/α,β-unsaturated/α-hetero) is 2. The van der Waals surface area contributed by atoms with E-state index in [1.807, 2.05) is 19.2 Å². The number of hydrogen-bond donors (Lipinski definition) is 0. The van der Waals surface area contributed by atoms with Gasteiger partial charge in [0.25, 0.3) is 0 Å². The van der Waals surface area contributed by atoms with Crippen molar-refractivity contribution >= 4 is 11.6 Å². The highest BCUT2D eigenvalue weighted by Gasteiger charge is 2.58. The van der Waals surface area contributed by atoms with E-state index in [1.54, 1.807) is 29.2 Å². The molecule has 2 aliphatic rings. The molecule has 6 nitrogen and oxygen atoms in total. The predicted molar refractivity (Wildman–Crippen MR) is 118 cm³/mol. The lowest BCUT2D eigenvalue weighted by molar-refractivity contribution is 0.0279. The number of carbonyl (C=O) groups is 2. The van der Waals surface area contributed by atoms with Crippen molar-refractivity contribution in [2.45, 2.75) is 19.0 Å². The molecule has 0 amide bonds. The number of nitrogens with zero attached hydrogens (tertiary/aromatic N) is 4. The third kappa shape index (κ3) is 3.06. The molecular weight excluding hydrogens is 388 g/mol. The maximum Gasteiger partial charge on any atom is 0.196 e. The van der Waals surface area contributed by atoms with E-state index in [2.05, 4.69) is 46.1 Å². The lowest BCUT2D eigenvalue weighted by Crippen LogP contribution is -2.60. The number of benzene rings is 2. The van der Waals surface area contributed by atoms with Crippen LogP contribution in [0, 0.1) is 6.92 Å². The van der Waals surface area contributed by atoms with Crippen molar-refractivity contribution in [1.82, 2.24) is 19.6 Å². The summed E-state index contributed by atoms with van der Waals surface area (Å²) in [6, 6.07) is 15.6. The van der Waals surface area contributed by atoms with Crippen LogP contribution in [0.15, 0.2) is 60.9 Å². The molecule has 3 aromatic rings. The van der Waals surface area contributed by atoms with Crippen LogP contribution in [0.4, 0.5) is 0 Å². The summed E-state index contributed by atoms with van der Waals surface area (Å²) in [4.78, 5) is 32.0. The molecule has 0 N–H and O–H groups in total. The first kappa shape index (κ1) is 19.8. The Labute approximate surface area is 182 Å². The first-order valence-electron chi connectivity index (χ1n) is 10.7. The fraction of sp³-hybridized carbons (Fsp3) is 0.320. The molecule has 31 heavy (non-hydrogen) atoms. The zero-order valence-electron chi connectivity index (χ0n) is 17.9. The number of aryl methyl sites for hydroxylation is 2. The minimum absolute atomic E-state index is 0.131. The summed E-state index contributed by atoms with van der Waals surface area (Å²) < 4.78 is 1.66. The highest BCUT2D eigenvalue weighted by molar-refractivity contribution is 6.32. The molecule has 2 aromatic carbocycles. The van der Waals surface area contributed by atoms with Crippen molar-refractivity contribution in [3.05, 3.63) is 88.7 Å². The van der Waals surface area contributed by atoms with Gasteiger partial charge in [0.05, 0.1) is 6.20 Å². The molecule has 1 aliphatic carbocycles. The minimum atomic E-state index is -1.31. The summed E-state index contributed by atoms with van der Waals surface area (Å²) >= 11 is 0. The fourth-order valence-electron chi connectivity index (χ4n) is 4.98. The van der Waals surface area contributed by atoms with E-state index in [-0.39, 0.29) is 11.6 Å². The molecule has 0 saturated carbocycles. The van der Waals surface area contributed by atoms with Gasteiger partial charge in [0.2, 0.25) is 0 Å². The number of hydrogen-bond acceptors (Lipinski definition) is 5. The van der Waals surface area contributed by atoms with E-state index in [0.29, 0.717) is 29.8 Å². The van der Waals surface area contributed by atoms with Crippen molar-refractivity contribution in [3.63, 3.8) is 0 Å². The second-order valence-corrected chi connectivity index (χ2v) is 8.51. The molecular formula is C25H26N4O2. The van der Waals surface area contributed by atoms with Crippen molar-refractivity contribution in [3.8, 4) is 0 Å². The van der Waals surface area contributed by atoms with Crippen LogP contribution in [0.3, 0.4) is 0 Å². The molecule has 1 fully saturated rings. The topological polar surface area (TPSA) is 58.4 Å². The van der Waals surface area contributed by atoms with Crippen LogP contribution in [0.25, 0.3) is 0 Å². The summed E-state index contributed by atoms with van der Waals surface area (Å²) in [5, 5.41) is 4.29. The van der Waals surface area contributed by atoms with E-state index in [0.717, 1.165) is 19.6 Å². The second kappa shape index (κ2) is 7.55. The Morgan fingerprint density at radius 3 is 2.10 bits per heavy atom. The van der Waals surface area contributed by atoms with Crippen LogP contribution in [0.2, 0.25) is 0 Å². The van der Waals surface area contributed by atoms with Crippen LogP contribution in [-0.2, 0) is 19.1 Å². The molecule has 5 rings (SSSR count). The highest BCUT2D eigenvalue weighted by atomic mass is 16.2. The van der Waals surface area contributed by atoms with Crippen LogP contribution in [-0.4, -0.2) is 57.3 Å². The van der Waals surface area contributed by atoms with E-state index in [1.165, 1.54) is 11.1 Å². The Bertz CT molecular complexity index is 1120. The van der Waals surface area contributed by atoms with Gasteiger partial charge in [0.15, 0.2) is 17.1 Å².